The second-order valence-electron chi connectivity index (χ2n) is 12.6. The Morgan fingerprint density at radius 2 is 1.93 bits per heavy atom. The zero-order valence-electron chi connectivity index (χ0n) is 26.0. The number of ketones is 1. The zero-order chi connectivity index (χ0) is 31.3. The van der Waals surface area contributed by atoms with E-state index in [0.717, 1.165) is 41.8 Å². The molecule has 1 amide bonds. The first-order valence-electron chi connectivity index (χ1n) is 15.1. The highest BCUT2D eigenvalue weighted by Gasteiger charge is 2.39. The number of carbonyl (C=O) groups is 2. The fourth-order valence-electron chi connectivity index (χ4n) is 5.95. The van der Waals surface area contributed by atoms with Gasteiger partial charge in [-0.05, 0) is 89.3 Å². The van der Waals surface area contributed by atoms with Gasteiger partial charge < -0.3 is 20.1 Å². The molecular formula is C35H42BrN3O4. The summed E-state index contributed by atoms with van der Waals surface area (Å²) in [6, 6.07) is 13.8. The molecule has 2 N–H and O–H groups in total. The van der Waals surface area contributed by atoms with E-state index in [1.54, 1.807) is 0 Å². The highest BCUT2D eigenvalue weighted by Crippen LogP contribution is 2.47. The van der Waals surface area contributed by atoms with Gasteiger partial charge in [-0.3, -0.25) is 9.59 Å². The Hall–Kier alpha value is -3.57. The second-order valence-corrected chi connectivity index (χ2v) is 13.5. The van der Waals surface area contributed by atoms with Gasteiger partial charge in [-0.25, -0.2) is 0 Å². The molecule has 0 aromatic heterocycles. The molecule has 8 heteroatoms. The average Bonchev–Trinajstić information content (AvgIpc) is 2.91. The number of hydrogen-bond donors (Lipinski definition) is 2. The number of carbonyl (C=O) groups excluding carboxylic acids is 2. The van der Waals surface area contributed by atoms with Crippen LogP contribution in [-0.2, 0) is 16.2 Å². The van der Waals surface area contributed by atoms with Crippen molar-refractivity contribution in [2.24, 2.45) is 11.3 Å². The van der Waals surface area contributed by atoms with Crippen LogP contribution in [-0.4, -0.2) is 18.3 Å². The molecule has 0 radical (unpaired) electrons. The SMILES string of the molecule is CCCC1CC(=O)C2=C(C1)NC(C)=C(C#N)C2c1cc(Br)c(OCc2cccc(NC(=O)CC(C)(C)C)c2)c(OCC)c1. The Morgan fingerprint density at radius 1 is 1.16 bits per heavy atom. The van der Waals surface area contributed by atoms with Gasteiger partial charge in [-0.15, -0.1) is 0 Å². The van der Waals surface area contributed by atoms with Crippen LogP contribution in [0.5, 0.6) is 11.5 Å². The number of rotatable bonds is 10. The molecule has 2 aromatic carbocycles. The summed E-state index contributed by atoms with van der Waals surface area (Å²) < 4.78 is 13.0. The summed E-state index contributed by atoms with van der Waals surface area (Å²) in [6.45, 7) is 12.7. The maximum Gasteiger partial charge on any atom is 0.224 e. The average molecular weight is 649 g/mol. The number of ether oxygens (including phenoxy) is 2. The number of benzene rings is 2. The molecule has 4 rings (SSSR count). The number of allylic oxidation sites excluding steroid dienone is 4. The van der Waals surface area contributed by atoms with E-state index in [4.69, 9.17) is 9.47 Å². The van der Waals surface area contributed by atoms with Crippen LogP contribution in [0.3, 0.4) is 0 Å². The predicted molar refractivity (Wildman–Crippen MR) is 173 cm³/mol. The zero-order valence-corrected chi connectivity index (χ0v) is 27.6. The summed E-state index contributed by atoms with van der Waals surface area (Å²) in [4.78, 5) is 26.0. The maximum atomic E-state index is 13.5. The monoisotopic (exact) mass is 647 g/mol. The summed E-state index contributed by atoms with van der Waals surface area (Å²) in [5.74, 6) is 0.970. The van der Waals surface area contributed by atoms with Crippen molar-refractivity contribution < 1.29 is 19.1 Å². The van der Waals surface area contributed by atoms with Gasteiger partial charge in [-0.1, -0.05) is 46.2 Å². The third-order valence-electron chi connectivity index (χ3n) is 7.68. The van der Waals surface area contributed by atoms with Crippen LogP contribution in [0.1, 0.15) is 90.7 Å². The summed E-state index contributed by atoms with van der Waals surface area (Å²) in [5.41, 5.74) is 5.24. The van der Waals surface area contributed by atoms with Crippen LogP contribution in [0.25, 0.3) is 0 Å². The molecule has 2 aliphatic rings. The molecule has 2 aromatic rings. The third-order valence-corrected chi connectivity index (χ3v) is 8.27. The van der Waals surface area contributed by atoms with E-state index in [0.29, 0.717) is 58.2 Å². The number of dihydropyridines is 1. The van der Waals surface area contributed by atoms with Crippen LogP contribution in [0.15, 0.2) is 63.4 Å². The Morgan fingerprint density at radius 3 is 2.60 bits per heavy atom. The van der Waals surface area contributed by atoms with Crippen LogP contribution in [0, 0.1) is 22.7 Å². The van der Waals surface area contributed by atoms with E-state index in [-0.39, 0.29) is 23.7 Å². The first-order chi connectivity index (χ1) is 20.4. The first-order valence-corrected chi connectivity index (χ1v) is 15.8. The molecule has 2 unspecified atom stereocenters. The van der Waals surface area contributed by atoms with Gasteiger partial charge in [-0.2, -0.15) is 5.26 Å². The first kappa shape index (κ1) is 32.3. The molecule has 43 heavy (non-hydrogen) atoms. The van der Waals surface area contributed by atoms with Crippen molar-refractivity contribution >= 4 is 33.3 Å². The van der Waals surface area contributed by atoms with Gasteiger partial charge in [0.05, 0.1) is 28.6 Å². The molecule has 0 spiro atoms. The van der Waals surface area contributed by atoms with Crippen LogP contribution in [0.2, 0.25) is 0 Å². The molecule has 0 saturated carbocycles. The van der Waals surface area contributed by atoms with Crippen molar-refractivity contribution in [3.63, 3.8) is 0 Å². The smallest absolute Gasteiger partial charge is 0.224 e. The number of anilines is 1. The highest BCUT2D eigenvalue weighted by molar-refractivity contribution is 9.10. The molecule has 0 bridgehead atoms. The molecule has 0 fully saturated rings. The fraction of sp³-hybridized carbons (Fsp3) is 0.457. The van der Waals surface area contributed by atoms with Crippen molar-refractivity contribution in [3.8, 4) is 17.6 Å². The normalized spacial score (nSPS) is 18.5. The highest BCUT2D eigenvalue weighted by atomic mass is 79.9. The third kappa shape index (κ3) is 7.88. The number of nitrogens with one attached hydrogen (secondary N) is 2. The van der Waals surface area contributed by atoms with Crippen molar-refractivity contribution in [3.05, 3.63) is 74.5 Å². The van der Waals surface area contributed by atoms with E-state index in [1.807, 2.05) is 71.0 Å². The largest absolute Gasteiger partial charge is 0.490 e. The molecule has 7 nitrogen and oxygen atoms in total. The van der Waals surface area contributed by atoms with Crippen molar-refractivity contribution in [2.75, 3.05) is 11.9 Å². The lowest BCUT2D eigenvalue weighted by Crippen LogP contribution is -2.34. The summed E-state index contributed by atoms with van der Waals surface area (Å²) >= 11 is 3.70. The number of nitrogens with zero attached hydrogens (tertiary/aromatic N) is 1. The number of nitriles is 1. The van der Waals surface area contributed by atoms with Crippen LogP contribution in [0.4, 0.5) is 5.69 Å². The number of amides is 1. The quantitative estimate of drug-likeness (QED) is 0.269. The lowest BCUT2D eigenvalue weighted by atomic mass is 9.72. The van der Waals surface area contributed by atoms with Crippen LogP contribution < -0.4 is 20.1 Å². The summed E-state index contributed by atoms with van der Waals surface area (Å²) in [6.07, 6.45) is 3.76. The van der Waals surface area contributed by atoms with E-state index < -0.39 is 5.92 Å². The Bertz CT molecular complexity index is 1500. The van der Waals surface area contributed by atoms with Crippen molar-refractivity contribution in [1.29, 1.82) is 5.26 Å². The second kappa shape index (κ2) is 13.8. The van der Waals surface area contributed by atoms with Crippen LogP contribution >= 0.6 is 15.9 Å². The minimum absolute atomic E-state index is 0.0305. The van der Waals surface area contributed by atoms with Gasteiger partial charge in [0.15, 0.2) is 17.3 Å². The Labute approximate surface area is 263 Å². The van der Waals surface area contributed by atoms with Gasteiger partial charge in [0.2, 0.25) is 5.91 Å². The maximum absolute atomic E-state index is 13.5. The molecule has 1 heterocycles. The van der Waals surface area contributed by atoms with Gasteiger partial charge in [0.25, 0.3) is 0 Å². The van der Waals surface area contributed by atoms with E-state index in [9.17, 15) is 14.9 Å². The number of hydrogen-bond acceptors (Lipinski definition) is 6. The molecule has 228 valence electrons. The molecular weight excluding hydrogens is 606 g/mol. The van der Waals surface area contributed by atoms with Gasteiger partial charge in [0.1, 0.15) is 6.61 Å². The predicted octanol–water partition coefficient (Wildman–Crippen LogP) is 8.32. The van der Waals surface area contributed by atoms with Gasteiger partial charge >= 0.3 is 0 Å². The topological polar surface area (TPSA) is 100 Å². The lowest BCUT2D eigenvalue weighted by Gasteiger charge is -2.35. The molecule has 1 aliphatic carbocycles. The summed E-state index contributed by atoms with van der Waals surface area (Å²) in [7, 11) is 0. The minimum atomic E-state index is -0.478. The fourth-order valence-corrected chi connectivity index (χ4v) is 6.53. The molecule has 0 saturated heterocycles. The lowest BCUT2D eigenvalue weighted by molar-refractivity contribution is -0.118. The minimum Gasteiger partial charge on any atom is -0.490 e. The Kier molecular flexibility index (Phi) is 10.4. The Balaban J connectivity index is 1.63. The van der Waals surface area contributed by atoms with E-state index in [1.165, 1.54) is 0 Å². The summed E-state index contributed by atoms with van der Waals surface area (Å²) in [5, 5.41) is 16.5. The number of Topliss-reactive ketones (excluding diaryl/α,β-unsaturated/α-hetero) is 1. The van der Waals surface area contributed by atoms with Gasteiger partial charge in [0, 0.05) is 35.5 Å². The number of halogens is 1. The van der Waals surface area contributed by atoms with Crippen molar-refractivity contribution in [1.82, 2.24) is 5.32 Å². The van der Waals surface area contributed by atoms with E-state index >= 15 is 0 Å². The molecule has 1 aliphatic heterocycles. The standard InChI is InChI=1S/C35H42BrN3O4/c1-7-10-22-14-28-33(29(40)15-22)32(26(19-37)21(3)38-28)24-16-27(36)34(30(17-24)42-8-2)43-20-23-11-9-12-25(13-23)39-31(41)18-35(4,5)6/h9,11-13,16-17,22,32,38H,7-8,10,14-15,18,20H2,1-6H3,(H,39,41). The van der Waals surface area contributed by atoms with Crippen molar-refractivity contribution in [2.45, 2.75) is 86.2 Å². The van der Waals surface area contributed by atoms with E-state index in [2.05, 4.69) is 39.6 Å². The molecule has 2 atom stereocenters.